The Bertz CT molecular complexity index is 95.6. The van der Waals surface area contributed by atoms with Gasteiger partial charge in [-0.3, -0.25) is 9.13 Å². The Morgan fingerprint density at radius 2 is 0.647 bits per heavy atom. The zero-order chi connectivity index (χ0) is 5.91. The summed E-state index contributed by atoms with van der Waals surface area (Å²) >= 11 is 0. The summed E-state index contributed by atoms with van der Waals surface area (Å²) in [6.07, 6.45) is 0. The minimum absolute atomic E-state index is 0. The summed E-state index contributed by atoms with van der Waals surface area (Å²) in [7, 11) is -0.138. The van der Waals surface area contributed by atoms with Gasteiger partial charge in [-0.25, -0.2) is 0 Å². The monoisotopic (exact) mass is 1980 g/mol. The molecule has 0 fully saturated rings. The Balaban J connectivity index is -0.00000000400. The second-order valence-electron chi connectivity index (χ2n) is 1.68. The van der Waals surface area contributed by atoms with Crippen molar-refractivity contribution in [2.45, 2.75) is 18.7 Å². The van der Waals surface area contributed by atoms with Crippen molar-refractivity contribution < 1.29 is 220 Å². The number of rotatable bonds is 2. The molecule has 0 bridgehead atoms. The molecule has 0 heterocycles. The zero-order valence-corrected chi connectivity index (χ0v) is 39.4. The Hall–Kier alpha value is 7.08. The van der Waals surface area contributed by atoms with Crippen molar-refractivity contribution in [3.05, 3.63) is 0 Å². The van der Waals surface area contributed by atoms with Gasteiger partial charge in [0.15, 0.2) is 16.9 Å². The van der Waals surface area contributed by atoms with Crippen LogP contribution in [0.1, 0.15) is 13.8 Å². The van der Waals surface area contributed by atoms with E-state index in [2.05, 4.69) is 0 Å². The largest absolute Gasteiger partial charge is 0.274 e. The smallest absolute Gasteiger partial charge is 0.174 e. The van der Waals surface area contributed by atoms with E-state index < -0.39 is 4.90 Å². The molecule has 0 aliphatic carbocycles. The molecule has 0 saturated heterocycles. The first-order valence-electron chi connectivity index (χ1n) is 1.81. The van der Waals surface area contributed by atoms with E-state index in [1.165, 1.54) is 0 Å². The summed E-state index contributed by atoms with van der Waals surface area (Å²) in [6, 6.07) is 0. The van der Waals surface area contributed by atoms with E-state index in [1.54, 1.807) is 13.8 Å². The average Bonchev–Trinajstić information content (AvgIpc) is 1.68. The van der Waals surface area contributed by atoms with Gasteiger partial charge in [-0.15, -0.1) is 0 Å². The van der Waals surface area contributed by atoms with Gasteiger partial charge in [0.1, 0.15) is 4.90 Å². The standard InChI is InChI=1S/C3H6O2P2.10W/c1-3(2,6-4)7-5;;;;;;;;;;/h1-2H3;;;;;;;;;;. The molecule has 0 N–H and O–H groups in total. The maximum absolute atomic E-state index is 9.95. The molecule has 0 aromatic carbocycles. The predicted molar refractivity (Wildman–Crippen MR) is 29.3 cm³/mol. The second kappa shape index (κ2) is 49.5. The SMILES string of the molecule is CC(C)(P=O)P=O.[W].[W].[W].[W].[W].[W].[W].[W].[W].[W]. The first-order valence-corrected chi connectivity index (χ1v) is 3.44. The number of hydrogen-bond acceptors (Lipinski definition) is 2. The van der Waals surface area contributed by atoms with E-state index >= 15 is 0 Å². The molecule has 0 aromatic heterocycles. The van der Waals surface area contributed by atoms with Gasteiger partial charge in [0.2, 0.25) is 0 Å². The fourth-order valence-corrected chi connectivity index (χ4v) is 0.150. The molecular formula is C3H6O2P2W10. The molecule has 0 saturated carbocycles. The van der Waals surface area contributed by atoms with Crippen LogP contribution in [-0.4, -0.2) is 4.90 Å². The van der Waals surface area contributed by atoms with Crippen molar-refractivity contribution in [1.29, 1.82) is 0 Å². The van der Waals surface area contributed by atoms with E-state index in [1.807, 2.05) is 0 Å². The van der Waals surface area contributed by atoms with Crippen molar-refractivity contribution in [2.75, 3.05) is 0 Å². The van der Waals surface area contributed by atoms with Crippen molar-refractivity contribution in [3.8, 4) is 0 Å². The Morgan fingerprint density at radius 1 is 0.529 bits per heavy atom. The molecule has 100 valence electrons. The molecule has 0 aliphatic heterocycles. The molecule has 2 nitrogen and oxygen atoms in total. The third-order valence-corrected chi connectivity index (χ3v) is 1.83. The predicted octanol–water partition coefficient (Wildman–Crippen LogP) is 2.28. The molecular weight excluding hydrogens is 1970 g/mol. The van der Waals surface area contributed by atoms with Crippen LogP contribution in [0.25, 0.3) is 0 Å². The summed E-state index contributed by atoms with van der Waals surface area (Å²) in [6.45, 7) is 3.30. The first-order chi connectivity index (χ1) is 3.12. The maximum atomic E-state index is 9.95. The summed E-state index contributed by atoms with van der Waals surface area (Å²) in [5.74, 6) is 0. The van der Waals surface area contributed by atoms with Crippen molar-refractivity contribution >= 4 is 16.9 Å². The summed E-state index contributed by atoms with van der Waals surface area (Å²) in [5.41, 5.74) is 0. The van der Waals surface area contributed by atoms with Crippen LogP contribution in [0.3, 0.4) is 0 Å². The van der Waals surface area contributed by atoms with E-state index in [0.29, 0.717) is 0 Å². The first kappa shape index (κ1) is 75.0. The molecule has 0 spiro atoms. The molecule has 0 aromatic rings. The van der Waals surface area contributed by atoms with E-state index in [4.69, 9.17) is 0 Å². The van der Waals surface area contributed by atoms with Gasteiger partial charge in [-0.05, 0) is 13.8 Å². The zero-order valence-electron chi connectivity index (χ0n) is 8.29. The van der Waals surface area contributed by atoms with Crippen LogP contribution in [0.4, 0.5) is 0 Å². The fourth-order valence-electron chi connectivity index (χ4n) is 0.0167. The second-order valence-corrected chi connectivity index (χ2v) is 4.63. The summed E-state index contributed by atoms with van der Waals surface area (Å²) in [5, 5.41) is 0. The van der Waals surface area contributed by atoms with Crippen LogP contribution in [0.15, 0.2) is 0 Å². The van der Waals surface area contributed by atoms with Crippen LogP contribution in [0.2, 0.25) is 0 Å². The summed E-state index contributed by atoms with van der Waals surface area (Å²) < 4.78 is 19.9. The molecule has 0 aliphatic rings. The van der Waals surface area contributed by atoms with E-state index in [-0.39, 0.29) is 228 Å². The Morgan fingerprint density at radius 3 is 0.647 bits per heavy atom. The topological polar surface area (TPSA) is 34.1 Å². The minimum Gasteiger partial charge on any atom is -0.274 e. The van der Waals surface area contributed by atoms with Crippen LogP contribution in [0, 0.1) is 0 Å². The van der Waals surface area contributed by atoms with E-state index in [9.17, 15) is 9.13 Å². The molecule has 14 heteroatoms. The quantitative estimate of drug-likeness (QED) is 0.399. The molecule has 0 atom stereocenters. The fraction of sp³-hybridized carbons (Fsp3) is 1.00. The number of hydrogen-bond donors (Lipinski definition) is 0. The molecule has 17 heavy (non-hydrogen) atoms. The third-order valence-electron chi connectivity index (χ3n) is 0.447. The van der Waals surface area contributed by atoms with Crippen molar-refractivity contribution in [1.82, 2.24) is 0 Å². The average molecular weight is 1970 g/mol. The van der Waals surface area contributed by atoms with Crippen LogP contribution >= 0.6 is 16.9 Å². The molecule has 0 unspecified atom stereocenters. The van der Waals surface area contributed by atoms with Gasteiger partial charge in [-0.2, -0.15) is 0 Å². The Labute approximate surface area is 250 Å². The van der Waals surface area contributed by atoms with Gasteiger partial charge in [0.05, 0.1) is 0 Å². The van der Waals surface area contributed by atoms with E-state index in [0.717, 1.165) is 0 Å². The van der Waals surface area contributed by atoms with Gasteiger partial charge < -0.3 is 0 Å². The maximum Gasteiger partial charge on any atom is 0.174 e. The molecule has 0 radical (unpaired) electrons. The van der Waals surface area contributed by atoms with Crippen molar-refractivity contribution in [3.63, 3.8) is 0 Å². The van der Waals surface area contributed by atoms with Gasteiger partial charge in [-0.1, -0.05) is 0 Å². The van der Waals surface area contributed by atoms with Crippen LogP contribution in [-0.2, 0) is 220 Å². The molecule has 0 amide bonds. The summed E-state index contributed by atoms with van der Waals surface area (Å²) in [4.78, 5) is -0.583. The third kappa shape index (κ3) is 59.9. The van der Waals surface area contributed by atoms with Gasteiger partial charge in [0.25, 0.3) is 0 Å². The minimum atomic E-state index is -0.583. The van der Waals surface area contributed by atoms with Crippen molar-refractivity contribution in [2.24, 2.45) is 0 Å². The van der Waals surface area contributed by atoms with Crippen LogP contribution in [0.5, 0.6) is 0 Å². The van der Waals surface area contributed by atoms with Gasteiger partial charge >= 0.3 is 0 Å². The molecule has 0 rings (SSSR count). The van der Waals surface area contributed by atoms with Crippen LogP contribution < -0.4 is 0 Å². The Kier molecular flexibility index (Phi) is 218. The normalized spacial score (nSPS) is 5.29. The van der Waals surface area contributed by atoms with Gasteiger partial charge in [0, 0.05) is 211 Å².